The number of likely N-dealkylation sites (tertiary alicyclic amines) is 1. The van der Waals surface area contributed by atoms with E-state index in [9.17, 15) is 9.59 Å². The van der Waals surface area contributed by atoms with Crippen LogP contribution in [-0.2, 0) is 11.3 Å². The third-order valence-corrected chi connectivity index (χ3v) is 7.66. The van der Waals surface area contributed by atoms with Crippen LogP contribution < -0.4 is 0 Å². The van der Waals surface area contributed by atoms with Gasteiger partial charge in [-0.15, -0.1) is 0 Å². The second kappa shape index (κ2) is 10.7. The van der Waals surface area contributed by atoms with E-state index in [4.69, 9.17) is 0 Å². The van der Waals surface area contributed by atoms with Gasteiger partial charge in [0.15, 0.2) is 0 Å². The van der Waals surface area contributed by atoms with E-state index in [0.29, 0.717) is 25.9 Å². The van der Waals surface area contributed by atoms with E-state index in [1.54, 1.807) is 0 Å². The molecule has 0 aliphatic carbocycles. The van der Waals surface area contributed by atoms with Crippen LogP contribution in [0.25, 0.3) is 16.8 Å². The molecule has 0 saturated carbocycles. The van der Waals surface area contributed by atoms with Crippen molar-refractivity contribution >= 4 is 28.8 Å². The second-order valence-electron chi connectivity index (χ2n) is 10.0. The van der Waals surface area contributed by atoms with E-state index in [1.165, 1.54) is 21.2 Å². The largest absolute Gasteiger partial charge is 0.327 e. The number of piperidine rings is 1. The number of carbonyl (C=O) groups is 2. The highest BCUT2D eigenvalue weighted by Gasteiger charge is 2.57. The van der Waals surface area contributed by atoms with Crippen LogP contribution in [0.15, 0.2) is 78.9 Å². The molecule has 2 aliphatic heterocycles. The lowest BCUT2D eigenvalue weighted by atomic mass is 9.85. The average molecular weight is 482 g/mol. The van der Waals surface area contributed by atoms with Gasteiger partial charge in [-0.25, -0.2) is 4.79 Å². The molecular weight excluding hydrogens is 446 g/mol. The average Bonchev–Trinajstić information content (AvgIpc) is 3.10. The molecule has 2 aliphatic rings. The summed E-state index contributed by atoms with van der Waals surface area (Å²) in [6.07, 6.45) is 7.19. The standard InChI is InChI=1S/C31H35N3O2/c1-2-3-20-34-30(36)33(19-9-12-25-10-5-4-6-11-25)29(35)31(34)17-21-32(22-18-31)24-26-15-16-27-13-7-8-14-28(27)23-26/h4-16,23H,2-3,17-22,24H2,1H3/b12-9+. The fourth-order valence-corrected chi connectivity index (χ4v) is 5.59. The molecule has 0 N–H and O–H groups in total. The Labute approximate surface area is 214 Å². The Kier molecular flexibility index (Phi) is 7.19. The Morgan fingerprint density at radius 1 is 0.889 bits per heavy atom. The summed E-state index contributed by atoms with van der Waals surface area (Å²) < 4.78 is 0. The van der Waals surface area contributed by atoms with Gasteiger partial charge < -0.3 is 4.90 Å². The first-order valence-corrected chi connectivity index (χ1v) is 13.2. The normalized spacial score (nSPS) is 18.2. The number of imide groups is 1. The molecular formula is C31H35N3O2. The summed E-state index contributed by atoms with van der Waals surface area (Å²) in [5.74, 6) is -0.0216. The molecule has 5 nitrogen and oxygen atoms in total. The summed E-state index contributed by atoms with van der Waals surface area (Å²) in [6, 6.07) is 24.9. The first kappa shape index (κ1) is 24.3. The molecule has 186 valence electrons. The van der Waals surface area contributed by atoms with Crippen LogP contribution in [0.1, 0.15) is 43.7 Å². The van der Waals surface area contributed by atoms with E-state index >= 15 is 0 Å². The molecule has 0 bridgehead atoms. The van der Waals surface area contributed by atoms with E-state index < -0.39 is 5.54 Å². The number of amides is 3. The smallest absolute Gasteiger partial charge is 0.309 e. The predicted molar refractivity (Wildman–Crippen MR) is 145 cm³/mol. The quantitative estimate of drug-likeness (QED) is 0.373. The molecule has 2 heterocycles. The van der Waals surface area contributed by atoms with Gasteiger partial charge in [0.25, 0.3) is 5.91 Å². The molecule has 36 heavy (non-hydrogen) atoms. The summed E-state index contributed by atoms with van der Waals surface area (Å²) in [5.41, 5.74) is 1.65. The van der Waals surface area contributed by atoms with Crippen molar-refractivity contribution in [1.82, 2.24) is 14.7 Å². The molecule has 0 atom stereocenters. The van der Waals surface area contributed by atoms with Gasteiger partial charge in [-0.2, -0.15) is 0 Å². The van der Waals surface area contributed by atoms with Gasteiger partial charge in [0, 0.05) is 32.7 Å². The number of nitrogens with zero attached hydrogens (tertiary/aromatic N) is 3. The number of rotatable bonds is 8. The van der Waals surface area contributed by atoms with Gasteiger partial charge in [-0.3, -0.25) is 14.6 Å². The zero-order valence-corrected chi connectivity index (χ0v) is 21.1. The first-order chi connectivity index (χ1) is 17.6. The Hall–Kier alpha value is -3.44. The van der Waals surface area contributed by atoms with Crippen molar-refractivity contribution in [3.63, 3.8) is 0 Å². The van der Waals surface area contributed by atoms with Gasteiger partial charge in [-0.1, -0.05) is 92.2 Å². The van der Waals surface area contributed by atoms with Gasteiger partial charge >= 0.3 is 6.03 Å². The van der Waals surface area contributed by atoms with E-state index in [-0.39, 0.29) is 11.9 Å². The van der Waals surface area contributed by atoms with Crippen LogP contribution in [0.2, 0.25) is 0 Å². The third-order valence-electron chi connectivity index (χ3n) is 7.66. The Morgan fingerprint density at radius 2 is 1.61 bits per heavy atom. The lowest BCUT2D eigenvalue weighted by Gasteiger charge is -2.42. The maximum absolute atomic E-state index is 13.7. The number of hydrogen-bond acceptors (Lipinski definition) is 3. The number of benzene rings is 3. The Balaban J connectivity index is 1.28. The van der Waals surface area contributed by atoms with Crippen LogP contribution in [0.5, 0.6) is 0 Å². The number of hydrogen-bond donors (Lipinski definition) is 0. The summed E-state index contributed by atoms with van der Waals surface area (Å²) >= 11 is 0. The molecule has 0 aromatic heterocycles. The van der Waals surface area contributed by atoms with Crippen molar-refractivity contribution < 1.29 is 9.59 Å². The molecule has 5 heteroatoms. The van der Waals surface area contributed by atoms with Crippen molar-refractivity contribution in [2.45, 2.75) is 44.7 Å². The van der Waals surface area contributed by atoms with Crippen molar-refractivity contribution in [3.05, 3.63) is 90.0 Å². The molecule has 3 aromatic rings. The summed E-state index contributed by atoms with van der Waals surface area (Å²) in [4.78, 5) is 32.9. The van der Waals surface area contributed by atoms with E-state index in [2.05, 4.69) is 54.3 Å². The molecule has 0 radical (unpaired) electrons. The zero-order chi connectivity index (χ0) is 25.0. The third kappa shape index (κ3) is 4.80. The highest BCUT2D eigenvalue weighted by atomic mass is 16.2. The number of unbranched alkanes of at least 4 members (excludes halogenated alkanes) is 1. The lowest BCUT2D eigenvalue weighted by Crippen LogP contribution is -2.56. The minimum atomic E-state index is -0.702. The van der Waals surface area contributed by atoms with Gasteiger partial charge in [-0.05, 0) is 47.2 Å². The number of urea groups is 1. The fourth-order valence-electron chi connectivity index (χ4n) is 5.59. The maximum Gasteiger partial charge on any atom is 0.327 e. The Bertz CT molecular complexity index is 1240. The topological polar surface area (TPSA) is 43.9 Å². The molecule has 2 fully saturated rings. The lowest BCUT2D eigenvalue weighted by molar-refractivity contribution is -0.135. The number of fused-ring (bicyclic) bond motifs is 1. The fraction of sp³-hybridized carbons (Fsp3) is 0.355. The second-order valence-corrected chi connectivity index (χ2v) is 10.0. The van der Waals surface area contributed by atoms with Crippen molar-refractivity contribution in [2.75, 3.05) is 26.2 Å². The van der Waals surface area contributed by atoms with Crippen LogP contribution in [0.3, 0.4) is 0 Å². The van der Waals surface area contributed by atoms with Crippen LogP contribution in [0.4, 0.5) is 4.79 Å². The molecule has 2 saturated heterocycles. The highest BCUT2D eigenvalue weighted by Crippen LogP contribution is 2.38. The zero-order valence-electron chi connectivity index (χ0n) is 21.1. The monoisotopic (exact) mass is 481 g/mol. The number of carbonyl (C=O) groups excluding carboxylic acids is 2. The molecule has 3 aromatic carbocycles. The Morgan fingerprint density at radius 3 is 2.36 bits per heavy atom. The predicted octanol–water partition coefficient (Wildman–Crippen LogP) is 5.95. The highest BCUT2D eigenvalue weighted by molar-refractivity contribution is 6.07. The van der Waals surface area contributed by atoms with Crippen molar-refractivity contribution in [1.29, 1.82) is 0 Å². The van der Waals surface area contributed by atoms with E-state index in [0.717, 1.165) is 38.0 Å². The SMILES string of the molecule is CCCCN1C(=O)N(C/C=C/c2ccccc2)C(=O)C12CCN(Cc1ccc3ccccc3c1)CC2. The minimum Gasteiger partial charge on any atom is -0.309 e. The maximum atomic E-state index is 13.7. The van der Waals surface area contributed by atoms with Gasteiger partial charge in [0.2, 0.25) is 0 Å². The minimum absolute atomic E-state index is 0.0216. The molecule has 3 amide bonds. The summed E-state index contributed by atoms with van der Waals surface area (Å²) in [7, 11) is 0. The van der Waals surface area contributed by atoms with Gasteiger partial charge in [0.05, 0.1) is 0 Å². The van der Waals surface area contributed by atoms with Gasteiger partial charge in [0.1, 0.15) is 5.54 Å². The van der Waals surface area contributed by atoms with Crippen LogP contribution in [-0.4, -0.2) is 58.4 Å². The molecule has 0 unspecified atom stereocenters. The first-order valence-electron chi connectivity index (χ1n) is 13.2. The summed E-state index contributed by atoms with van der Waals surface area (Å²) in [6.45, 7) is 5.57. The molecule has 5 rings (SSSR count). The molecule has 1 spiro atoms. The van der Waals surface area contributed by atoms with Crippen LogP contribution in [0, 0.1) is 0 Å². The summed E-state index contributed by atoms with van der Waals surface area (Å²) in [5, 5.41) is 2.51. The van der Waals surface area contributed by atoms with Crippen molar-refractivity contribution in [2.24, 2.45) is 0 Å². The van der Waals surface area contributed by atoms with E-state index in [1.807, 2.05) is 47.4 Å². The van der Waals surface area contributed by atoms with Crippen LogP contribution >= 0.6 is 0 Å². The van der Waals surface area contributed by atoms with Crippen molar-refractivity contribution in [3.8, 4) is 0 Å².